The van der Waals surface area contributed by atoms with Gasteiger partial charge in [0.1, 0.15) is 0 Å². The minimum atomic E-state index is 1.10. The molecule has 0 unspecified atom stereocenters. The summed E-state index contributed by atoms with van der Waals surface area (Å²) in [4.78, 5) is 4.14. The molecule has 0 atom stereocenters. The second-order valence-electron chi connectivity index (χ2n) is 3.20. The smallest absolute Gasteiger partial charge is 0.0349 e. The van der Waals surface area contributed by atoms with Crippen LogP contribution in [0.25, 0.3) is 11.1 Å². The lowest BCUT2D eigenvalue weighted by atomic mass is 10.0. The predicted molar refractivity (Wildman–Crippen MR) is 62.1 cm³/mol. The Bertz CT molecular complexity index is 452. The number of nitrogens with zero attached hydrogens (tertiary/aromatic N) is 1. The summed E-state index contributed by atoms with van der Waals surface area (Å²) in [5.41, 5.74) is 3.64. The van der Waals surface area contributed by atoms with Crippen molar-refractivity contribution in [3.63, 3.8) is 0 Å². The van der Waals surface area contributed by atoms with Crippen LogP contribution in [0.4, 0.5) is 0 Å². The number of aryl methyl sites for hydroxylation is 1. The van der Waals surface area contributed by atoms with Gasteiger partial charge in [-0.3, -0.25) is 4.98 Å². The van der Waals surface area contributed by atoms with Crippen LogP contribution in [0, 0.1) is 6.92 Å². The summed E-state index contributed by atoms with van der Waals surface area (Å²) in [5.74, 6) is 0. The third-order valence-electron chi connectivity index (χ3n) is 2.17. The Morgan fingerprint density at radius 2 is 2.07 bits per heavy atom. The molecule has 0 radical (unpaired) electrons. The van der Waals surface area contributed by atoms with E-state index < -0.39 is 0 Å². The topological polar surface area (TPSA) is 12.9 Å². The van der Waals surface area contributed by atoms with Gasteiger partial charge in [0.05, 0.1) is 0 Å². The number of aromatic nitrogens is 1. The first-order valence-electron chi connectivity index (χ1n) is 4.44. The van der Waals surface area contributed by atoms with E-state index in [9.17, 15) is 0 Å². The fourth-order valence-corrected chi connectivity index (χ4v) is 1.82. The number of halogens is 1. The molecule has 70 valence electrons. The van der Waals surface area contributed by atoms with Gasteiger partial charge in [0, 0.05) is 22.4 Å². The van der Waals surface area contributed by atoms with Gasteiger partial charge >= 0.3 is 0 Å². The summed E-state index contributed by atoms with van der Waals surface area (Å²) < 4.78 is 1.10. The highest BCUT2D eigenvalue weighted by molar-refractivity contribution is 9.10. The van der Waals surface area contributed by atoms with Crippen molar-refractivity contribution in [3.8, 4) is 11.1 Å². The van der Waals surface area contributed by atoms with Crippen LogP contribution in [0.3, 0.4) is 0 Å². The van der Waals surface area contributed by atoms with Crippen LogP contribution in [0.15, 0.2) is 47.2 Å². The monoisotopic (exact) mass is 247 g/mol. The van der Waals surface area contributed by atoms with E-state index in [1.807, 2.05) is 30.6 Å². The van der Waals surface area contributed by atoms with Crippen molar-refractivity contribution in [1.29, 1.82) is 0 Å². The minimum Gasteiger partial charge on any atom is -0.264 e. The molecule has 0 aliphatic rings. The van der Waals surface area contributed by atoms with E-state index in [-0.39, 0.29) is 0 Å². The van der Waals surface area contributed by atoms with Gasteiger partial charge in [-0.15, -0.1) is 0 Å². The first kappa shape index (κ1) is 9.41. The molecule has 0 aliphatic carbocycles. The van der Waals surface area contributed by atoms with Crippen LogP contribution < -0.4 is 0 Å². The number of hydrogen-bond donors (Lipinski definition) is 0. The standard InChI is InChI=1S/C12H10BrN/c1-9-5-6-14-8-12(9)10-3-2-4-11(13)7-10/h2-8H,1H3. The van der Waals surface area contributed by atoms with Gasteiger partial charge in [-0.05, 0) is 36.2 Å². The molecule has 1 aromatic carbocycles. The molecular formula is C12H10BrN. The fourth-order valence-electron chi connectivity index (χ4n) is 1.42. The molecule has 0 saturated heterocycles. The Balaban J connectivity index is 2.55. The first-order valence-corrected chi connectivity index (χ1v) is 5.23. The van der Waals surface area contributed by atoms with Gasteiger partial charge in [0.2, 0.25) is 0 Å². The van der Waals surface area contributed by atoms with Gasteiger partial charge in [-0.2, -0.15) is 0 Å². The minimum absolute atomic E-state index is 1.10. The molecule has 0 fully saturated rings. The maximum absolute atomic E-state index is 4.14. The Morgan fingerprint density at radius 3 is 2.79 bits per heavy atom. The summed E-state index contributed by atoms with van der Waals surface area (Å²) in [6.45, 7) is 2.10. The molecule has 0 aliphatic heterocycles. The molecule has 2 rings (SSSR count). The molecule has 2 aromatic rings. The summed E-state index contributed by atoms with van der Waals surface area (Å²) in [7, 11) is 0. The molecule has 0 spiro atoms. The first-order chi connectivity index (χ1) is 6.77. The van der Waals surface area contributed by atoms with Crippen molar-refractivity contribution in [2.75, 3.05) is 0 Å². The van der Waals surface area contributed by atoms with Gasteiger partial charge < -0.3 is 0 Å². The average molecular weight is 248 g/mol. The largest absolute Gasteiger partial charge is 0.264 e. The van der Waals surface area contributed by atoms with E-state index in [2.05, 4.69) is 40.0 Å². The van der Waals surface area contributed by atoms with Crippen molar-refractivity contribution in [2.45, 2.75) is 6.92 Å². The Morgan fingerprint density at radius 1 is 1.21 bits per heavy atom. The lowest BCUT2D eigenvalue weighted by molar-refractivity contribution is 1.29. The number of hydrogen-bond acceptors (Lipinski definition) is 1. The summed E-state index contributed by atoms with van der Waals surface area (Å²) >= 11 is 3.46. The highest BCUT2D eigenvalue weighted by atomic mass is 79.9. The molecule has 1 nitrogen and oxygen atoms in total. The van der Waals surface area contributed by atoms with Gasteiger partial charge in [-0.1, -0.05) is 28.1 Å². The van der Waals surface area contributed by atoms with Crippen molar-refractivity contribution in [3.05, 3.63) is 52.8 Å². The maximum Gasteiger partial charge on any atom is 0.0349 e. The van der Waals surface area contributed by atoms with Crippen molar-refractivity contribution in [2.24, 2.45) is 0 Å². The van der Waals surface area contributed by atoms with Crippen LogP contribution in [-0.4, -0.2) is 4.98 Å². The molecular weight excluding hydrogens is 238 g/mol. The van der Waals surface area contributed by atoms with Gasteiger partial charge in [-0.25, -0.2) is 0 Å². The van der Waals surface area contributed by atoms with E-state index in [0.29, 0.717) is 0 Å². The molecule has 0 saturated carbocycles. The van der Waals surface area contributed by atoms with E-state index in [4.69, 9.17) is 0 Å². The van der Waals surface area contributed by atoms with E-state index in [1.165, 1.54) is 16.7 Å². The fraction of sp³-hybridized carbons (Fsp3) is 0.0833. The Labute approximate surface area is 91.9 Å². The SMILES string of the molecule is Cc1ccncc1-c1cccc(Br)c1. The van der Waals surface area contributed by atoms with Gasteiger partial charge in [0.15, 0.2) is 0 Å². The lowest BCUT2D eigenvalue weighted by Crippen LogP contribution is -1.84. The average Bonchev–Trinajstić information content (AvgIpc) is 2.18. The lowest BCUT2D eigenvalue weighted by Gasteiger charge is -2.04. The quantitative estimate of drug-likeness (QED) is 0.747. The molecule has 2 heteroatoms. The second-order valence-corrected chi connectivity index (χ2v) is 4.12. The maximum atomic E-state index is 4.14. The van der Waals surface area contributed by atoms with Crippen molar-refractivity contribution >= 4 is 15.9 Å². The van der Waals surface area contributed by atoms with E-state index in [1.54, 1.807) is 0 Å². The highest BCUT2D eigenvalue weighted by Gasteiger charge is 2.00. The predicted octanol–water partition coefficient (Wildman–Crippen LogP) is 3.82. The second kappa shape index (κ2) is 3.93. The Hall–Kier alpha value is -1.15. The third-order valence-corrected chi connectivity index (χ3v) is 2.67. The van der Waals surface area contributed by atoms with Gasteiger partial charge in [0.25, 0.3) is 0 Å². The third kappa shape index (κ3) is 1.85. The molecule has 0 N–H and O–H groups in total. The van der Waals surface area contributed by atoms with Crippen LogP contribution in [0.5, 0.6) is 0 Å². The highest BCUT2D eigenvalue weighted by Crippen LogP contribution is 2.24. The van der Waals surface area contributed by atoms with Crippen LogP contribution in [0.1, 0.15) is 5.56 Å². The van der Waals surface area contributed by atoms with Crippen LogP contribution in [-0.2, 0) is 0 Å². The Kier molecular flexibility index (Phi) is 2.64. The zero-order valence-corrected chi connectivity index (χ0v) is 9.45. The van der Waals surface area contributed by atoms with E-state index >= 15 is 0 Å². The molecule has 0 amide bonds. The number of rotatable bonds is 1. The summed E-state index contributed by atoms with van der Waals surface area (Å²) in [6, 6.07) is 10.3. The molecule has 0 bridgehead atoms. The molecule has 1 heterocycles. The normalized spacial score (nSPS) is 10.1. The zero-order chi connectivity index (χ0) is 9.97. The summed E-state index contributed by atoms with van der Waals surface area (Å²) in [5, 5.41) is 0. The van der Waals surface area contributed by atoms with Crippen molar-refractivity contribution < 1.29 is 0 Å². The van der Waals surface area contributed by atoms with Crippen LogP contribution in [0.2, 0.25) is 0 Å². The van der Waals surface area contributed by atoms with Crippen molar-refractivity contribution in [1.82, 2.24) is 4.98 Å². The van der Waals surface area contributed by atoms with E-state index in [0.717, 1.165) is 4.47 Å². The zero-order valence-electron chi connectivity index (χ0n) is 7.87. The number of pyridine rings is 1. The molecule has 1 aromatic heterocycles. The molecule has 14 heavy (non-hydrogen) atoms. The number of benzene rings is 1. The van der Waals surface area contributed by atoms with Crippen LogP contribution >= 0.6 is 15.9 Å². The summed E-state index contributed by atoms with van der Waals surface area (Å²) in [6.07, 6.45) is 3.72.